The molecule has 0 radical (unpaired) electrons. The molecule has 0 saturated carbocycles. The Balaban J connectivity index is 1.91. The number of rotatable bonds is 3. The molecule has 0 aliphatic carbocycles. The Morgan fingerprint density at radius 2 is 2.29 bits per heavy atom. The second-order valence-corrected chi connectivity index (χ2v) is 4.14. The summed E-state index contributed by atoms with van der Waals surface area (Å²) in [5.74, 6) is 0.897. The molecule has 1 heterocycles. The van der Waals surface area contributed by atoms with Crippen LogP contribution >= 0.6 is 15.9 Å². The lowest BCUT2D eigenvalue weighted by Crippen LogP contribution is -2.32. The fourth-order valence-corrected chi connectivity index (χ4v) is 1.52. The quantitative estimate of drug-likeness (QED) is 0.832. The van der Waals surface area contributed by atoms with E-state index in [-0.39, 0.29) is 5.82 Å². The maximum Gasteiger partial charge on any atom is 0.137 e. The van der Waals surface area contributed by atoms with E-state index in [4.69, 9.17) is 9.47 Å². The molecule has 1 fully saturated rings. The molecule has 1 aliphatic rings. The second-order valence-electron chi connectivity index (χ2n) is 3.29. The molecule has 14 heavy (non-hydrogen) atoms. The molecule has 1 aromatic rings. The molecule has 2 rings (SSSR count). The van der Waals surface area contributed by atoms with Crippen molar-refractivity contribution in [2.75, 3.05) is 19.8 Å². The summed E-state index contributed by atoms with van der Waals surface area (Å²) in [5, 5.41) is 0. The highest BCUT2D eigenvalue weighted by molar-refractivity contribution is 9.10. The zero-order valence-electron chi connectivity index (χ0n) is 7.50. The van der Waals surface area contributed by atoms with Crippen LogP contribution < -0.4 is 4.74 Å². The van der Waals surface area contributed by atoms with Gasteiger partial charge in [-0.2, -0.15) is 0 Å². The normalized spacial score (nSPS) is 16.4. The Morgan fingerprint density at radius 3 is 2.86 bits per heavy atom. The van der Waals surface area contributed by atoms with Crippen molar-refractivity contribution in [3.05, 3.63) is 28.5 Å². The molecule has 0 aromatic heterocycles. The molecule has 76 valence electrons. The van der Waals surface area contributed by atoms with Gasteiger partial charge in [-0.05, 0) is 34.1 Å². The number of benzene rings is 1. The summed E-state index contributed by atoms with van der Waals surface area (Å²) in [6, 6.07) is 4.64. The maximum atomic E-state index is 12.9. The Kier molecular flexibility index (Phi) is 3.03. The predicted molar refractivity (Wildman–Crippen MR) is 53.9 cm³/mol. The van der Waals surface area contributed by atoms with Crippen LogP contribution in [0.4, 0.5) is 4.39 Å². The van der Waals surface area contributed by atoms with Crippen LogP contribution in [0.5, 0.6) is 5.75 Å². The molecule has 0 atom stereocenters. The van der Waals surface area contributed by atoms with Gasteiger partial charge in [0.1, 0.15) is 11.6 Å². The van der Waals surface area contributed by atoms with Gasteiger partial charge < -0.3 is 9.47 Å². The molecule has 0 unspecified atom stereocenters. The highest BCUT2D eigenvalue weighted by Crippen LogP contribution is 2.22. The van der Waals surface area contributed by atoms with Crippen LogP contribution in [0.25, 0.3) is 0 Å². The number of ether oxygens (including phenoxy) is 2. The standard InChI is InChI=1S/C10H10BrFO2/c11-9-3-8(1-2-10(9)12)14-6-7-4-13-5-7/h1-3,7H,4-6H2. The van der Waals surface area contributed by atoms with E-state index in [0.717, 1.165) is 13.2 Å². The minimum atomic E-state index is -0.274. The minimum Gasteiger partial charge on any atom is -0.493 e. The number of hydrogen-bond donors (Lipinski definition) is 0. The van der Waals surface area contributed by atoms with Crippen molar-refractivity contribution in [1.29, 1.82) is 0 Å². The highest BCUT2D eigenvalue weighted by Gasteiger charge is 2.18. The van der Waals surface area contributed by atoms with Gasteiger partial charge >= 0.3 is 0 Å². The summed E-state index contributed by atoms with van der Waals surface area (Å²) >= 11 is 3.10. The lowest BCUT2D eigenvalue weighted by atomic mass is 10.1. The van der Waals surface area contributed by atoms with Gasteiger partial charge in [0.2, 0.25) is 0 Å². The first-order valence-corrected chi connectivity index (χ1v) is 5.20. The summed E-state index contributed by atoms with van der Waals surface area (Å²) in [4.78, 5) is 0. The van der Waals surface area contributed by atoms with Crippen LogP contribution in [-0.4, -0.2) is 19.8 Å². The van der Waals surface area contributed by atoms with Crippen LogP contribution in [-0.2, 0) is 4.74 Å². The van der Waals surface area contributed by atoms with E-state index >= 15 is 0 Å². The van der Waals surface area contributed by atoms with Gasteiger partial charge in [-0.1, -0.05) is 0 Å². The molecular weight excluding hydrogens is 251 g/mol. The number of hydrogen-bond acceptors (Lipinski definition) is 2. The Labute approximate surface area is 90.1 Å². The largest absolute Gasteiger partial charge is 0.493 e. The van der Waals surface area contributed by atoms with Crippen LogP contribution in [0.1, 0.15) is 0 Å². The summed E-state index contributed by atoms with van der Waals surface area (Å²) in [7, 11) is 0. The van der Waals surface area contributed by atoms with E-state index in [1.807, 2.05) is 0 Å². The Morgan fingerprint density at radius 1 is 1.50 bits per heavy atom. The zero-order valence-corrected chi connectivity index (χ0v) is 9.09. The lowest BCUT2D eigenvalue weighted by Gasteiger charge is -2.25. The average molecular weight is 261 g/mol. The molecular formula is C10H10BrFO2. The average Bonchev–Trinajstić information content (AvgIpc) is 2.08. The monoisotopic (exact) mass is 260 g/mol. The molecule has 1 saturated heterocycles. The van der Waals surface area contributed by atoms with Gasteiger partial charge in [-0.3, -0.25) is 0 Å². The molecule has 1 aliphatic heterocycles. The van der Waals surface area contributed by atoms with Crippen LogP contribution in [0.15, 0.2) is 22.7 Å². The third kappa shape index (κ3) is 2.25. The molecule has 1 aromatic carbocycles. The Bertz CT molecular complexity index is 326. The van der Waals surface area contributed by atoms with Crippen molar-refractivity contribution in [3.8, 4) is 5.75 Å². The topological polar surface area (TPSA) is 18.5 Å². The smallest absolute Gasteiger partial charge is 0.137 e. The molecule has 0 amide bonds. The second kappa shape index (κ2) is 4.28. The van der Waals surface area contributed by atoms with Crippen LogP contribution in [0.3, 0.4) is 0 Å². The van der Waals surface area contributed by atoms with E-state index < -0.39 is 0 Å². The van der Waals surface area contributed by atoms with E-state index in [2.05, 4.69) is 15.9 Å². The highest BCUT2D eigenvalue weighted by atomic mass is 79.9. The van der Waals surface area contributed by atoms with Gasteiger partial charge in [-0.25, -0.2) is 4.39 Å². The Hall–Kier alpha value is -0.610. The van der Waals surface area contributed by atoms with Crippen molar-refractivity contribution in [3.63, 3.8) is 0 Å². The number of halogens is 2. The summed E-state index contributed by atoms with van der Waals surface area (Å²) < 4.78 is 23.8. The van der Waals surface area contributed by atoms with Crippen molar-refractivity contribution < 1.29 is 13.9 Å². The van der Waals surface area contributed by atoms with Gasteiger partial charge in [0, 0.05) is 5.92 Å². The summed E-state index contributed by atoms with van der Waals surface area (Å²) in [6.45, 7) is 2.17. The third-order valence-electron chi connectivity index (χ3n) is 2.08. The van der Waals surface area contributed by atoms with Crippen molar-refractivity contribution in [1.82, 2.24) is 0 Å². The maximum absolute atomic E-state index is 12.9. The van der Waals surface area contributed by atoms with Gasteiger partial charge in [0.05, 0.1) is 24.3 Å². The molecule has 2 nitrogen and oxygen atoms in total. The first kappa shape index (κ1) is 9.93. The fraction of sp³-hybridized carbons (Fsp3) is 0.400. The SMILES string of the molecule is Fc1ccc(OCC2COC2)cc1Br. The molecule has 0 bridgehead atoms. The van der Waals surface area contributed by atoms with E-state index in [1.165, 1.54) is 6.07 Å². The van der Waals surface area contributed by atoms with Crippen molar-refractivity contribution in [2.24, 2.45) is 5.92 Å². The van der Waals surface area contributed by atoms with Crippen molar-refractivity contribution >= 4 is 15.9 Å². The van der Waals surface area contributed by atoms with E-state index in [1.54, 1.807) is 12.1 Å². The van der Waals surface area contributed by atoms with Gasteiger partial charge in [-0.15, -0.1) is 0 Å². The fourth-order valence-electron chi connectivity index (χ4n) is 1.16. The zero-order chi connectivity index (χ0) is 9.97. The molecule has 4 heteroatoms. The van der Waals surface area contributed by atoms with E-state index in [0.29, 0.717) is 22.7 Å². The first-order chi connectivity index (χ1) is 6.75. The van der Waals surface area contributed by atoms with Gasteiger partial charge in [0.15, 0.2) is 0 Å². The molecule has 0 N–H and O–H groups in total. The summed E-state index contributed by atoms with van der Waals surface area (Å²) in [6.07, 6.45) is 0. The van der Waals surface area contributed by atoms with Crippen molar-refractivity contribution in [2.45, 2.75) is 0 Å². The lowest BCUT2D eigenvalue weighted by molar-refractivity contribution is -0.0508. The van der Waals surface area contributed by atoms with E-state index in [9.17, 15) is 4.39 Å². The third-order valence-corrected chi connectivity index (χ3v) is 2.69. The van der Waals surface area contributed by atoms with Gasteiger partial charge in [0.25, 0.3) is 0 Å². The molecule has 0 spiro atoms. The summed E-state index contributed by atoms with van der Waals surface area (Å²) in [5.41, 5.74) is 0. The minimum absolute atomic E-state index is 0.274. The van der Waals surface area contributed by atoms with Crippen LogP contribution in [0.2, 0.25) is 0 Å². The predicted octanol–water partition coefficient (Wildman–Crippen LogP) is 2.61. The van der Waals surface area contributed by atoms with Crippen LogP contribution in [0, 0.1) is 11.7 Å². The first-order valence-electron chi connectivity index (χ1n) is 4.41.